The van der Waals surface area contributed by atoms with Gasteiger partial charge >= 0.3 is 0 Å². The Morgan fingerprint density at radius 1 is 1.48 bits per heavy atom. The Hall–Kier alpha value is -2.46. The first-order valence-electron chi connectivity index (χ1n) is 7.09. The van der Waals surface area contributed by atoms with Gasteiger partial charge in [0.1, 0.15) is 5.75 Å². The van der Waals surface area contributed by atoms with Crippen LogP contribution < -0.4 is 10.1 Å². The van der Waals surface area contributed by atoms with E-state index in [1.54, 1.807) is 6.92 Å². The molecule has 0 bridgehead atoms. The number of terminal acetylenes is 1. The first kappa shape index (κ1) is 16.9. The molecule has 23 heavy (non-hydrogen) atoms. The molecular formula is C16H17N3O3S. The zero-order chi connectivity index (χ0) is 16.7. The molecule has 2 aromatic rings. The maximum Gasteiger partial charge on any atom is 0.277 e. The number of hydrogen-bond donors (Lipinski definition) is 1. The number of rotatable bonds is 7. The van der Waals surface area contributed by atoms with Crippen molar-refractivity contribution in [3.63, 3.8) is 0 Å². The number of amides is 1. The molecule has 0 fully saturated rings. The Morgan fingerprint density at radius 2 is 2.26 bits per heavy atom. The van der Waals surface area contributed by atoms with Crippen molar-refractivity contribution >= 4 is 17.7 Å². The molecule has 0 saturated heterocycles. The SMILES string of the molecule is C#CCNC(=O)C(C)Sc1nnc(-c2ccccc2OCC)o1. The van der Waals surface area contributed by atoms with Gasteiger partial charge in [-0.1, -0.05) is 29.8 Å². The van der Waals surface area contributed by atoms with E-state index < -0.39 is 5.25 Å². The van der Waals surface area contributed by atoms with Crippen LogP contribution in [0.5, 0.6) is 5.75 Å². The summed E-state index contributed by atoms with van der Waals surface area (Å²) < 4.78 is 11.2. The van der Waals surface area contributed by atoms with Gasteiger partial charge < -0.3 is 14.5 Å². The van der Waals surface area contributed by atoms with E-state index in [4.69, 9.17) is 15.6 Å². The molecule has 120 valence electrons. The summed E-state index contributed by atoms with van der Waals surface area (Å²) in [5, 5.41) is 10.5. The van der Waals surface area contributed by atoms with Crippen molar-refractivity contribution in [1.29, 1.82) is 0 Å². The number of carbonyl (C=O) groups excluding carboxylic acids is 1. The molecule has 0 aliphatic heterocycles. The Bertz CT molecular complexity index is 709. The van der Waals surface area contributed by atoms with E-state index in [9.17, 15) is 4.79 Å². The van der Waals surface area contributed by atoms with Gasteiger partial charge in [0.15, 0.2) is 0 Å². The van der Waals surface area contributed by atoms with Gasteiger partial charge in [0.25, 0.3) is 11.1 Å². The second kappa shape index (κ2) is 8.25. The van der Waals surface area contributed by atoms with Crippen LogP contribution in [0.1, 0.15) is 13.8 Å². The van der Waals surface area contributed by atoms with Gasteiger partial charge in [0, 0.05) is 0 Å². The van der Waals surface area contributed by atoms with Crippen LogP contribution in [0, 0.1) is 12.3 Å². The summed E-state index contributed by atoms with van der Waals surface area (Å²) in [6.07, 6.45) is 5.11. The number of nitrogens with one attached hydrogen (secondary N) is 1. The lowest BCUT2D eigenvalue weighted by atomic mass is 10.2. The van der Waals surface area contributed by atoms with Crippen molar-refractivity contribution in [3.05, 3.63) is 24.3 Å². The maximum absolute atomic E-state index is 11.8. The minimum absolute atomic E-state index is 0.178. The number of hydrogen-bond acceptors (Lipinski definition) is 6. The van der Waals surface area contributed by atoms with Crippen LogP contribution in [-0.4, -0.2) is 34.5 Å². The lowest BCUT2D eigenvalue weighted by Crippen LogP contribution is -2.31. The van der Waals surface area contributed by atoms with Gasteiger partial charge in [-0.2, -0.15) is 0 Å². The van der Waals surface area contributed by atoms with E-state index in [0.29, 0.717) is 23.5 Å². The predicted octanol–water partition coefficient (Wildman–Crippen LogP) is 2.37. The fourth-order valence-corrected chi connectivity index (χ4v) is 2.49. The molecule has 0 radical (unpaired) electrons. The topological polar surface area (TPSA) is 77.2 Å². The van der Waals surface area contributed by atoms with Crippen LogP contribution in [0.25, 0.3) is 11.5 Å². The minimum Gasteiger partial charge on any atom is -0.493 e. The third-order valence-corrected chi connectivity index (χ3v) is 3.77. The molecule has 0 spiro atoms. The quantitative estimate of drug-likeness (QED) is 0.620. The number of carbonyl (C=O) groups is 1. The summed E-state index contributed by atoms with van der Waals surface area (Å²) in [5.74, 6) is 3.21. The molecule has 1 heterocycles. The molecule has 1 amide bonds. The zero-order valence-electron chi connectivity index (χ0n) is 12.9. The molecule has 1 aromatic carbocycles. The number of ether oxygens (including phenoxy) is 1. The summed E-state index contributed by atoms with van der Waals surface area (Å²) in [5.41, 5.74) is 0.720. The van der Waals surface area contributed by atoms with Crippen molar-refractivity contribution in [1.82, 2.24) is 15.5 Å². The summed E-state index contributed by atoms with van der Waals surface area (Å²) in [7, 11) is 0. The zero-order valence-corrected chi connectivity index (χ0v) is 13.7. The van der Waals surface area contributed by atoms with E-state index in [0.717, 1.165) is 5.56 Å². The smallest absolute Gasteiger partial charge is 0.277 e. The van der Waals surface area contributed by atoms with Gasteiger partial charge in [-0.15, -0.1) is 16.6 Å². The number of nitrogens with zero attached hydrogens (tertiary/aromatic N) is 2. The molecule has 0 saturated carbocycles. The monoisotopic (exact) mass is 331 g/mol. The highest BCUT2D eigenvalue weighted by molar-refractivity contribution is 8.00. The van der Waals surface area contributed by atoms with E-state index >= 15 is 0 Å². The van der Waals surface area contributed by atoms with Gasteiger partial charge in [0.05, 0.1) is 24.0 Å². The first-order chi connectivity index (χ1) is 11.2. The molecule has 2 rings (SSSR count). The highest BCUT2D eigenvalue weighted by Gasteiger charge is 2.19. The van der Waals surface area contributed by atoms with Crippen molar-refractivity contribution < 1.29 is 13.9 Å². The summed E-state index contributed by atoms with van der Waals surface area (Å²) >= 11 is 1.18. The lowest BCUT2D eigenvalue weighted by molar-refractivity contribution is -0.120. The molecular weight excluding hydrogens is 314 g/mol. The number of para-hydroxylation sites is 1. The molecule has 1 aromatic heterocycles. The molecule has 1 unspecified atom stereocenters. The van der Waals surface area contributed by atoms with Crippen LogP contribution in [-0.2, 0) is 4.79 Å². The standard InChI is InChI=1S/C16H17N3O3S/c1-4-10-17-14(20)11(3)23-16-19-18-15(22-16)12-8-6-7-9-13(12)21-5-2/h1,6-9,11H,5,10H2,2-3H3,(H,17,20). The molecule has 1 N–H and O–H groups in total. The Labute approximate surface area is 139 Å². The molecule has 6 nitrogen and oxygen atoms in total. The normalized spacial score (nSPS) is 11.5. The van der Waals surface area contributed by atoms with Crippen molar-refractivity contribution in [3.8, 4) is 29.5 Å². The first-order valence-corrected chi connectivity index (χ1v) is 7.97. The summed E-state index contributed by atoms with van der Waals surface area (Å²) in [6.45, 7) is 4.39. The van der Waals surface area contributed by atoms with E-state index in [2.05, 4.69) is 21.4 Å². The van der Waals surface area contributed by atoms with E-state index in [1.807, 2.05) is 31.2 Å². The average Bonchev–Trinajstić information content (AvgIpc) is 3.01. The Kier molecular flexibility index (Phi) is 6.06. The van der Waals surface area contributed by atoms with Crippen molar-refractivity contribution in [2.75, 3.05) is 13.2 Å². The molecule has 7 heteroatoms. The lowest BCUT2D eigenvalue weighted by Gasteiger charge is -2.07. The van der Waals surface area contributed by atoms with Crippen LogP contribution in [0.2, 0.25) is 0 Å². The Morgan fingerprint density at radius 3 is 3.00 bits per heavy atom. The van der Waals surface area contributed by atoms with E-state index in [-0.39, 0.29) is 12.5 Å². The Balaban J connectivity index is 2.09. The third kappa shape index (κ3) is 4.50. The second-order valence-corrected chi connectivity index (χ2v) is 5.78. The molecule has 0 aliphatic carbocycles. The fourth-order valence-electron chi connectivity index (χ4n) is 1.78. The van der Waals surface area contributed by atoms with Crippen LogP contribution in [0.3, 0.4) is 0 Å². The van der Waals surface area contributed by atoms with E-state index in [1.165, 1.54) is 11.8 Å². The largest absolute Gasteiger partial charge is 0.493 e. The molecule has 0 aliphatic rings. The second-order valence-electron chi connectivity index (χ2n) is 4.48. The van der Waals surface area contributed by atoms with Crippen LogP contribution >= 0.6 is 11.8 Å². The van der Waals surface area contributed by atoms with Gasteiger partial charge in [-0.3, -0.25) is 4.79 Å². The van der Waals surface area contributed by atoms with Gasteiger partial charge in [0.2, 0.25) is 5.91 Å². The fraction of sp³-hybridized carbons (Fsp3) is 0.312. The number of aromatic nitrogens is 2. The minimum atomic E-state index is -0.390. The summed E-state index contributed by atoms with van der Waals surface area (Å²) in [6, 6.07) is 7.42. The highest BCUT2D eigenvalue weighted by atomic mass is 32.2. The van der Waals surface area contributed by atoms with Crippen LogP contribution in [0.15, 0.2) is 33.9 Å². The van der Waals surface area contributed by atoms with Crippen LogP contribution in [0.4, 0.5) is 0 Å². The highest BCUT2D eigenvalue weighted by Crippen LogP contribution is 2.31. The van der Waals surface area contributed by atoms with Gasteiger partial charge in [-0.25, -0.2) is 0 Å². The molecule has 1 atom stereocenters. The maximum atomic E-state index is 11.8. The van der Waals surface area contributed by atoms with Gasteiger partial charge in [-0.05, 0) is 26.0 Å². The average molecular weight is 331 g/mol. The number of benzene rings is 1. The summed E-state index contributed by atoms with van der Waals surface area (Å²) in [4.78, 5) is 11.8. The predicted molar refractivity (Wildman–Crippen MR) is 88.1 cm³/mol. The van der Waals surface area contributed by atoms with Crippen molar-refractivity contribution in [2.45, 2.75) is 24.3 Å². The number of thioether (sulfide) groups is 1. The van der Waals surface area contributed by atoms with Crippen molar-refractivity contribution in [2.24, 2.45) is 0 Å². The third-order valence-electron chi connectivity index (χ3n) is 2.84.